The number of amides is 2. The topological polar surface area (TPSA) is 130 Å². The van der Waals surface area contributed by atoms with Crippen molar-refractivity contribution in [1.29, 1.82) is 5.26 Å². The van der Waals surface area contributed by atoms with Gasteiger partial charge in [0.15, 0.2) is 5.12 Å². The fourth-order valence-electron chi connectivity index (χ4n) is 6.82. The molecule has 47 heavy (non-hydrogen) atoms. The number of unbranched alkanes of at least 4 members (excludes halogenated alkanes) is 8. The Balaban J connectivity index is 2.97. The van der Waals surface area contributed by atoms with Crippen LogP contribution in [0.15, 0.2) is 0 Å². The summed E-state index contributed by atoms with van der Waals surface area (Å²) in [6.07, 6.45) is 16.2. The summed E-state index contributed by atoms with van der Waals surface area (Å²) in [5.74, 6) is -3.11. The van der Waals surface area contributed by atoms with E-state index in [9.17, 15) is 24.4 Å². The Morgan fingerprint density at radius 1 is 0.872 bits per heavy atom. The summed E-state index contributed by atoms with van der Waals surface area (Å²) < 4.78 is 5.36. The Morgan fingerprint density at radius 3 is 2.02 bits per heavy atom. The Hall–Kier alpha value is -2.08. The first-order valence-electron chi connectivity index (χ1n) is 18.8. The van der Waals surface area contributed by atoms with Gasteiger partial charge in [0.25, 0.3) is 0 Å². The van der Waals surface area contributed by atoms with E-state index < -0.39 is 35.7 Å². The Labute approximate surface area is 291 Å². The third-order valence-electron chi connectivity index (χ3n) is 10.1. The van der Waals surface area contributed by atoms with Gasteiger partial charge in [-0.3, -0.25) is 19.2 Å². The van der Waals surface area contributed by atoms with Gasteiger partial charge in [-0.15, -0.1) is 0 Å². The third-order valence-corrected chi connectivity index (χ3v) is 11.3. The van der Waals surface area contributed by atoms with Crippen molar-refractivity contribution in [3.8, 4) is 6.07 Å². The predicted octanol–water partition coefficient (Wildman–Crippen LogP) is 8.74. The van der Waals surface area contributed by atoms with Crippen molar-refractivity contribution in [1.82, 2.24) is 4.90 Å². The zero-order valence-electron chi connectivity index (χ0n) is 30.8. The first-order chi connectivity index (χ1) is 22.4. The van der Waals surface area contributed by atoms with Gasteiger partial charge in [0, 0.05) is 42.9 Å². The fourth-order valence-corrected chi connectivity index (χ4v) is 7.83. The van der Waals surface area contributed by atoms with E-state index in [0.717, 1.165) is 38.5 Å². The molecule has 0 aromatic carbocycles. The van der Waals surface area contributed by atoms with E-state index >= 15 is 0 Å². The van der Waals surface area contributed by atoms with Crippen molar-refractivity contribution < 1.29 is 23.9 Å². The zero-order chi connectivity index (χ0) is 35.4. The van der Waals surface area contributed by atoms with Crippen LogP contribution in [0.4, 0.5) is 0 Å². The van der Waals surface area contributed by atoms with E-state index in [0.29, 0.717) is 25.8 Å². The third kappa shape index (κ3) is 16.2. The minimum absolute atomic E-state index is 0.00862. The van der Waals surface area contributed by atoms with Crippen LogP contribution in [-0.4, -0.2) is 51.2 Å². The average molecular weight is 678 g/mol. The van der Waals surface area contributed by atoms with Gasteiger partial charge in [0.1, 0.15) is 6.10 Å². The van der Waals surface area contributed by atoms with Crippen LogP contribution in [0.2, 0.25) is 0 Å². The smallest absolute Gasteiger partial charge is 0.302 e. The Morgan fingerprint density at radius 2 is 1.49 bits per heavy atom. The molecule has 1 heterocycles. The van der Waals surface area contributed by atoms with Crippen molar-refractivity contribution in [2.24, 2.45) is 29.4 Å². The second-order valence-corrected chi connectivity index (χ2v) is 15.7. The minimum Gasteiger partial charge on any atom is -0.463 e. The maximum Gasteiger partial charge on any atom is 0.302 e. The summed E-state index contributed by atoms with van der Waals surface area (Å²) in [4.78, 5) is 53.8. The molecule has 1 aliphatic rings. The van der Waals surface area contributed by atoms with E-state index in [1.54, 1.807) is 0 Å². The van der Waals surface area contributed by atoms with Crippen LogP contribution in [0.3, 0.4) is 0 Å². The number of esters is 1. The zero-order valence-corrected chi connectivity index (χ0v) is 31.6. The molecular weight excluding hydrogens is 611 g/mol. The highest BCUT2D eigenvalue weighted by atomic mass is 32.2. The number of carbonyl (C=O) groups excluding carboxylic acids is 4. The molecule has 0 aromatic heterocycles. The van der Waals surface area contributed by atoms with Gasteiger partial charge in [-0.05, 0) is 44.9 Å². The normalized spacial score (nSPS) is 19.6. The molecule has 7 atom stereocenters. The van der Waals surface area contributed by atoms with Crippen LogP contribution < -0.4 is 5.73 Å². The summed E-state index contributed by atoms with van der Waals surface area (Å²) in [5.41, 5.74) is 5.75. The Kier molecular flexibility index (Phi) is 21.3. The van der Waals surface area contributed by atoms with E-state index in [1.165, 1.54) is 63.6 Å². The van der Waals surface area contributed by atoms with Gasteiger partial charge in [0.2, 0.25) is 11.8 Å². The van der Waals surface area contributed by atoms with Crippen LogP contribution >= 0.6 is 11.8 Å². The lowest BCUT2D eigenvalue weighted by molar-refractivity contribution is -0.147. The molecule has 2 N–H and O–H groups in total. The monoisotopic (exact) mass is 677 g/mol. The number of hydrogen-bond donors (Lipinski definition) is 1. The summed E-state index contributed by atoms with van der Waals surface area (Å²) in [6, 6.07) is 2.27. The summed E-state index contributed by atoms with van der Waals surface area (Å²) in [5, 5.41) is 10.2. The minimum atomic E-state index is -0.703. The number of carbonyl (C=O) groups is 4. The number of nitrogens with zero attached hydrogens (tertiary/aromatic N) is 2. The summed E-state index contributed by atoms with van der Waals surface area (Å²) in [7, 11) is 0. The fraction of sp³-hybridized carbons (Fsp3) is 0.868. The lowest BCUT2D eigenvalue weighted by Crippen LogP contribution is -2.35. The molecule has 0 radical (unpaired) electrons. The highest BCUT2D eigenvalue weighted by Crippen LogP contribution is 2.43. The van der Waals surface area contributed by atoms with Crippen LogP contribution in [-0.2, 0) is 23.9 Å². The molecule has 0 aromatic rings. The van der Waals surface area contributed by atoms with Crippen molar-refractivity contribution in [3.63, 3.8) is 0 Å². The van der Waals surface area contributed by atoms with Crippen LogP contribution in [0.25, 0.3) is 0 Å². The number of hydrogen-bond acceptors (Lipinski definition) is 7. The van der Waals surface area contributed by atoms with E-state index in [2.05, 4.69) is 33.8 Å². The number of primary amides is 1. The predicted molar refractivity (Wildman–Crippen MR) is 192 cm³/mol. The second-order valence-electron chi connectivity index (χ2n) is 14.2. The molecule has 1 fully saturated rings. The largest absolute Gasteiger partial charge is 0.463 e. The molecule has 1 rings (SSSR count). The maximum absolute atomic E-state index is 14.1. The van der Waals surface area contributed by atoms with Crippen molar-refractivity contribution in [3.05, 3.63) is 0 Å². The van der Waals surface area contributed by atoms with Gasteiger partial charge >= 0.3 is 5.97 Å². The molecule has 0 saturated carbocycles. The highest BCUT2D eigenvalue weighted by molar-refractivity contribution is 8.14. The van der Waals surface area contributed by atoms with Gasteiger partial charge in [0.05, 0.1) is 17.5 Å². The second kappa shape index (κ2) is 23.3. The number of thioether (sulfide) groups is 1. The lowest BCUT2D eigenvalue weighted by Gasteiger charge is -2.27. The number of nitriles is 1. The molecule has 270 valence electrons. The van der Waals surface area contributed by atoms with Gasteiger partial charge in [-0.2, -0.15) is 5.26 Å². The van der Waals surface area contributed by atoms with Crippen LogP contribution in [0, 0.1) is 35.0 Å². The Bertz CT molecular complexity index is 1000. The van der Waals surface area contributed by atoms with Crippen LogP contribution in [0.5, 0.6) is 0 Å². The summed E-state index contributed by atoms with van der Waals surface area (Å²) >= 11 is 1.39. The molecule has 8 nitrogen and oxygen atoms in total. The molecule has 0 bridgehead atoms. The maximum atomic E-state index is 14.1. The van der Waals surface area contributed by atoms with Crippen molar-refractivity contribution >= 4 is 34.7 Å². The van der Waals surface area contributed by atoms with Gasteiger partial charge in [-0.1, -0.05) is 118 Å². The van der Waals surface area contributed by atoms with E-state index in [1.807, 2.05) is 18.7 Å². The van der Waals surface area contributed by atoms with E-state index in [-0.39, 0.29) is 40.6 Å². The molecule has 1 aliphatic heterocycles. The molecule has 9 heteroatoms. The quantitative estimate of drug-likeness (QED) is 0.0523. The molecular formula is C38H67N3O5S. The molecule has 0 spiro atoms. The first kappa shape index (κ1) is 42.9. The van der Waals surface area contributed by atoms with Crippen molar-refractivity contribution in [2.75, 3.05) is 6.54 Å². The SMILES string of the molecule is CCCCCCCCCCC(C)SC(=O)C(C)CC(CC(CC(C#N)CC(CC)OC(C)=O)C(N)=O)C(=O)N1CC1(CC)CCCC. The number of rotatable bonds is 27. The summed E-state index contributed by atoms with van der Waals surface area (Å²) in [6.45, 7) is 14.4. The lowest BCUT2D eigenvalue weighted by atomic mass is 9.81. The molecule has 0 aliphatic carbocycles. The van der Waals surface area contributed by atoms with Crippen molar-refractivity contribution in [2.45, 2.75) is 181 Å². The molecule has 7 unspecified atom stereocenters. The van der Waals surface area contributed by atoms with Gasteiger partial charge < -0.3 is 15.4 Å². The van der Waals surface area contributed by atoms with Gasteiger partial charge in [-0.25, -0.2) is 0 Å². The molecule has 1 saturated heterocycles. The van der Waals surface area contributed by atoms with E-state index in [4.69, 9.17) is 10.5 Å². The number of ether oxygens (including phenoxy) is 1. The average Bonchev–Trinajstić information content (AvgIpc) is 3.77. The van der Waals surface area contributed by atoms with Crippen LogP contribution in [0.1, 0.15) is 164 Å². The standard InChI is InChI=1S/C38H67N3O5S/c1-8-12-14-15-16-17-18-19-20-29(6)47-37(45)28(5)22-33(36(44)41-27-38(41,11-4)21-13-9-2)25-32(35(40)43)23-31(26-39)24-34(10-3)46-30(7)42/h28-29,31-34H,8-25,27H2,1-7H3,(H2,40,43). The number of nitrogens with two attached hydrogens (primary N) is 1. The highest BCUT2D eigenvalue weighted by Gasteiger charge is 2.54. The first-order valence-corrected chi connectivity index (χ1v) is 19.6. The molecule has 2 amide bonds.